The Bertz CT molecular complexity index is 1210. The number of nitrogens with zero attached hydrogens (tertiary/aromatic N) is 1. The molecule has 0 radical (unpaired) electrons. The standard InChI is InChI=1S/C25H21N3O3S/c29-20-13-11-18(12-14-20)23(30)26-15-16-27-24(31)22-21(17-7-3-1-4-8-17)28-25(32-22)19-9-5-2-6-10-19/h1-14,29H,15-16H2,(H,26,30)(H,27,31). The Labute approximate surface area is 189 Å². The number of hydrogen-bond acceptors (Lipinski definition) is 5. The molecule has 0 aliphatic rings. The van der Waals surface area contributed by atoms with E-state index in [-0.39, 0.29) is 30.7 Å². The Kier molecular flexibility index (Phi) is 6.57. The highest BCUT2D eigenvalue weighted by atomic mass is 32.1. The summed E-state index contributed by atoms with van der Waals surface area (Å²) in [5.41, 5.74) is 2.90. The van der Waals surface area contributed by atoms with Crippen molar-refractivity contribution < 1.29 is 14.7 Å². The van der Waals surface area contributed by atoms with Gasteiger partial charge in [-0.1, -0.05) is 60.7 Å². The maximum Gasteiger partial charge on any atom is 0.263 e. The van der Waals surface area contributed by atoms with E-state index in [9.17, 15) is 14.7 Å². The van der Waals surface area contributed by atoms with Gasteiger partial charge in [0.1, 0.15) is 15.6 Å². The summed E-state index contributed by atoms with van der Waals surface area (Å²) in [5, 5.41) is 15.7. The third-order valence-electron chi connectivity index (χ3n) is 4.73. The van der Waals surface area contributed by atoms with E-state index in [1.807, 2.05) is 60.7 Å². The lowest BCUT2D eigenvalue weighted by atomic mass is 10.1. The summed E-state index contributed by atoms with van der Waals surface area (Å²) in [5.74, 6) is -0.404. The highest BCUT2D eigenvalue weighted by Crippen LogP contribution is 2.33. The van der Waals surface area contributed by atoms with Crippen molar-refractivity contribution in [2.45, 2.75) is 0 Å². The number of carbonyl (C=O) groups excluding carboxylic acids is 2. The highest BCUT2D eigenvalue weighted by molar-refractivity contribution is 7.17. The van der Waals surface area contributed by atoms with Crippen LogP contribution in [0.3, 0.4) is 0 Å². The zero-order chi connectivity index (χ0) is 22.3. The number of amides is 2. The Morgan fingerprint density at radius 2 is 1.31 bits per heavy atom. The summed E-state index contributed by atoms with van der Waals surface area (Å²) in [6.45, 7) is 0.548. The quantitative estimate of drug-likeness (QED) is 0.371. The predicted molar refractivity (Wildman–Crippen MR) is 126 cm³/mol. The summed E-state index contributed by atoms with van der Waals surface area (Å²) in [7, 11) is 0. The maximum absolute atomic E-state index is 13.0. The zero-order valence-electron chi connectivity index (χ0n) is 17.1. The average molecular weight is 444 g/mol. The molecule has 0 saturated carbocycles. The number of rotatable bonds is 7. The SMILES string of the molecule is O=C(NCCNC(=O)c1sc(-c2ccccc2)nc1-c1ccccc1)c1ccc(O)cc1. The number of carbonyl (C=O) groups is 2. The van der Waals surface area contributed by atoms with Crippen LogP contribution in [0.25, 0.3) is 21.8 Å². The second-order valence-electron chi connectivity index (χ2n) is 6.99. The van der Waals surface area contributed by atoms with Gasteiger partial charge >= 0.3 is 0 Å². The highest BCUT2D eigenvalue weighted by Gasteiger charge is 2.20. The lowest BCUT2D eigenvalue weighted by Gasteiger charge is -2.07. The Hall–Kier alpha value is -3.97. The monoisotopic (exact) mass is 443 g/mol. The molecule has 0 atom stereocenters. The number of thiazole rings is 1. The first-order chi connectivity index (χ1) is 15.6. The lowest BCUT2D eigenvalue weighted by molar-refractivity contribution is 0.0930. The van der Waals surface area contributed by atoms with Gasteiger partial charge in [0.05, 0.1) is 5.69 Å². The van der Waals surface area contributed by atoms with E-state index in [1.165, 1.54) is 35.6 Å². The first-order valence-electron chi connectivity index (χ1n) is 10.1. The van der Waals surface area contributed by atoms with Crippen LogP contribution in [-0.4, -0.2) is 35.0 Å². The first-order valence-corrected chi connectivity index (χ1v) is 10.9. The van der Waals surface area contributed by atoms with E-state index >= 15 is 0 Å². The van der Waals surface area contributed by atoms with Crippen LogP contribution in [0.4, 0.5) is 0 Å². The number of phenolic OH excluding ortho intramolecular Hbond substituents is 1. The minimum absolute atomic E-state index is 0.0995. The van der Waals surface area contributed by atoms with E-state index in [0.717, 1.165) is 16.1 Å². The Morgan fingerprint density at radius 3 is 1.94 bits per heavy atom. The van der Waals surface area contributed by atoms with Crippen molar-refractivity contribution in [2.75, 3.05) is 13.1 Å². The van der Waals surface area contributed by atoms with Gasteiger partial charge in [-0.3, -0.25) is 9.59 Å². The van der Waals surface area contributed by atoms with Crippen molar-refractivity contribution in [3.63, 3.8) is 0 Å². The molecule has 3 aromatic carbocycles. The van der Waals surface area contributed by atoms with Crippen LogP contribution < -0.4 is 10.6 Å². The van der Waals surface area contributed by atoms with Gasteiger partial charge in [0.25, 0.3) is 11.8 Å². The number of aromatic hydroxyl groups is 1. The topological polar surface area (TPSA) is 91.3 Å². The van der Waals surface area contributed by atoms with Crippen LogP contribution in [0.15, 0.2) is 84.9 Å². The van der Waals surface area contributed by atoms with Crippen molar-refractivity contribution in [3.8, 4) is 27.6 Å². The second kappa shape index (κ2) is 9.89. The first kappa shape index (κ1) is 21.3. The van der Waals surface area contributed by atoms with Crippen molar-refractivity contribution in [1.29, 1.82) is 0 Å². The largest absolute Gasteiger partial charge is 0.508 e. The third kappa shape index (κ3) is 5.01. The van der Waals surface area contributed by atoms with Gasteiger partial charge in [-0.25, -0.2) is 4.98 Å². The van der Waals surface area contributed by atoms with E-state index in [1.54, 1.807) is 0 Å². The van der Waals surface area contributed by atoms with Crippen molar-refractivity contribution in [2.24, 2.45) is 0 Å². The molecule has 0 spiro atoms. The normalized spacial score (nSPS) is 10.5. The Morgan fingerprint density at radius 1 is 0.750 bits per heavy atom. The van der Waals surface area contributed by atoms with Crippen molar-refractivity contribution in [1.82, 2.24) is 15.6 Å². The molecule has 4 rings (SSSR count). The average Bonchev–Trinajstić information content (AvgIpc) is 3.29. The number of phenols is 1. The van der Waals surface area contributed by atoms with Crippen LogP contribution >= 0.6 is 11.3 Å². The molecule has 6 nitrogen and oxygen atoms in total. The molecular formula is C25H21N3O3S. The molecular weight excluding hydrogens is 422 g/mol. The summed E-state index contributed by atoms with van der Waals surface area (Å²) < 4.78 is 0. The third-order valence-corrected chi connectivity index (χ3v) is 5.83. The molecule has 4 aromatic rings. The molecule has 0 fully saturated rings. The summed E-state index contributed by atoms with van der Waals surface area (Å²) >= 11 is 1.34. The fraction of sp³-hybridized carbons (Fsp3) is 0.0800. The molecule has 0 saturated heterocycles. The van der Waals surface area contributed by atoms with Gasteiger partial charge in [-0.15, -0.1) is 11.3 Å². The molecule has 32 heavy (non-hydrogen) atoms. The van der Waals surface area contributed by atoms with Crippen molar-refractivity contribution >= 4 is 23.2 Å². The molecule has 0 unspecified atom stereocenters. The molecule has 0 aliphatic heterocycles. The molecule has 1 aromatic heterocycles. The predicted octanol–water partition coefficient (Wildman–Crippen LogP) is 4.34. The molecule has 2 amide bonds. The van der Waals surface area contributed by atoms with Gasteiger partial charge in [-0.05, 0) is 24.3 Å². The minimum atomic E-state index is -0.270. The summed E-state index contributed by atoms with van der Waals surface area (Å²) in [6.07, 6.45) is 0. The smallest absolute Gasteiger partial charge is 0.263 e. The van der Waals surface area contributed by atoms with Crippen molar-refractivity contribution in [3.05, 3.63) is 95.4 Å². The van der Waals surface area contributed by atoms with E-state index in [0.29, 0.717) is 16.1 Å². The van der Waals surface area contributed by atoms with Gasteiger partial charge in [0, 0.05) is 29.8 Å². The fourth-order valence-electron chi connectivity index (χ4n) is 3.12. The van der Waals surface area contributed by atoms with E-state index < -0.39 is 0 Å². The molecule has 0 bridgehead atoms. The number of benzene rings is 3. The van der Waals surface area contributed by atoms with Gasteiger partial charge in [-0.2, -0.15) is 0 Å². The molecule has 7 heteroatoms. The van der Waals surface area contributed by atoms with Gasteiger partial charge in [0.15, 0.2) is 0 Å². The van der Waals surface area contributed by atoms with Crippen LogP contribution in [0.2, 0.25) is 0 Å². The molecule has 1 heterocycles. The van der Waals surface area contributed by atoms with E-state index in [2.05, 4.69) is 10.6 Å². The molecule has 3 N–H and O–H groups in total. The fourth-order valence-corrected chi connectivity index (χ4v) is 4.13. The number of hydrogen-bond donors (Lipinski definition) is 3. The number of nitrogens with one attached hydrogen (secondary N) is 2. The van der Waals surface area contributed by atoms with Gasteiger partial charge in [0.2, 0.25) is 0 Å². The number of aromatic nitrogens is 1. The van der Waals surface area contributed by atoms with Crippen LogP contribution in [0, 0.1) is 0 Å². The van der Waals surface area contributed by atoms with Crippen LogP contribution in [0.5, 0.6) is 5.75 Å². The van der Waals surface area contributed by atoms with Crippen LogP contribution in [0.1, 0.15) is 20.0 Å². The van der Waals surface area contributed by atoms with Gasteiger partial charge < -0.3 is 15.7 Å². The summed E-state index contributed by atoms with van der Waals surface area (Å²) in [4.78, 5) is 30.4. The molecule has 160 valence electrons. The van der Waals surface area contributed by atoms with Crippen LogP contribution in [-0.2, 0) is 0 Å². The summed E-state index contributed by atoms with van der Waals surface area (Å²) in [6, 6.07) is 25.3. The lowest BCUT2D eigenvalue weighted by Crippen LogP contribution is -2.34. The molecule has 0 aliphatic carbocycles. The Balaban J connectivity index is 1.45. The zero-order valence-corrected chi connectivity index (χ0v) is 17.9. The minimum Gasteiger partial charge on any atom is -0.508 e. The maximum atomic E-state index is 13.0. The van der Waals surface area contributed by atoms with E-state index in [4.69, 9.17) is 4.98 Å². The second-order valence-corrected chi connectivity index (χ2v) is 7.99.